The number of rotatable bonds is 5. The molecule has 1 aliphatic heterocycles. The molecule has 2 nitrogen and oxygen atoms in total. The van der Waals surface area contributed by atoms with Gasteiger partial charge in [-0.15, -0.1) is 11.3 Å². The predicted octanol–water partition coefficient (Wildman–Crippen LogP) is 2.69. The van der Waals surface area contributed by atoms with Gasteiger partial charge in [-0.25, -0.2) is 4.98 Å². The van der Waals surface area contributed by atoms with Crippen LogP contribution >= 0.6 is 34.9 Å². The monoisotopic (exact) mass is 288 g/mol. The van der Waals surface area contributed by atoms with E-state index in [9.17, 15) is 0 Å². The maximum atomic E-state index is 4.60. The minimum Gasteiger partial charge on any atom is -0.312 e. The number of thioether (sulfide) groups is 2. The van der Waals surface area contributed by atoms with Crippen molar-refractivity contribution in [2.24, 2.45) is 0 Å². The summed E-state index contributed by atoms with van der Waals surface area (Å²) in [5.74, 6) is 5.16. The highest BCUT2D eigenvalue weighted by molar-refractivity contribution is 8.03. The molecule has 5 heteroatoms. The van der Waals surface area contributed by atoms with Crippen molar-refractivity contribution in [3.63, 3.8) is 0 Å². The van der Waals surface area contributed by atoms with Gasteiger partial charge in [0.1, 0.15) is 0 Å². The fourth-order valence-electron chi connectivity index (χ4n) is 1.77. The summed E-state index contributed by atoms with van der Waals surface area (Å²) in [6, 6.07) is 0.691. The average Bonchev–Trinajstić information content (AvgIpc) is 2.65. The van der Waals surface area contributed by atoms with E-state index >= 15 is 0 Å². The molecule has 0 aliphatic carbocycles. The molecule has 1 aromatic heterocycles. The van der Waals surface area contributed by atoms with Gasteiger partial charge < -0.3 is 5.32 Å². The summed E-state index contributed by atoms with van der Waals surface area (Å²) >= 11 is 5.95. The van der Waals surface area contributed by atoms with Crippen molar-refractivity contribution in [3.05, 3.63) is 16.1 Å². The molecule has 1 N–H and O–H groups in total. The number of aromatic nitrogens is 1. The molecular weight excluding hydrogens is 268 g/mol. The van der Waals surface area contributed by atoms with E-state index in [1.807, 2.05) is 0 Å². The first kappa shape index (κ1) is 13.7. The van der Waals surface area contributed by atoms with Crippen molar-refractivity contribution in [3.8, 4) is 0 Å². The number of aryl methyl sites for hydroxylation is 1. The van der Waals surface area contributed by atoms with Crippen LogP contribution in [-0.2, 0) is 12.8 Å². The average molecular weight is 289 g/mol. The third kappa shape index (κ3) is 4.81. The molecule has 0 spiro atoms. The Morgan fingerprint density at radius 2 is 2.12 bits per heavy atom. The second kappa shape index (κ2) is 7.67. The van der Waals surface area contributed by atoms with Gasteiger partial charge in [0.2, 0.25) is 0 Å². The molecule has 1 aliphatic rings. The second-order valence-corrected chi connectivity index (χ2v) is 7.38. The lowest BCUT2D eigenvalue weighted by atomic mass is 10.3. The number of nitrogens with one attached hydrogen (secondary N) is 1. The lowest BCUT2D eigenvalue weighted by molar-refractivity contribution is 0.601. The molecule has 0 bridgehead atoms. The normalized spacial score (nSPS) is 18.2. The first-order chi connectivity index (χ1) is 8.38. The third-order valence-electron chi connectivity index (χ3n) is 2.73. The van der Waals surface area contributed by atoms with Crippen LogP contribution in [0.1, 0.15) is 17.6 Å². The van der Waals surface area contributed by atoms with Crippen molar-refractivity contribution in [2.75, 3.05) is 29.6 Å². The molecule has 0 amide bonds. The fourth-order valence-corrected chi connectivity index (χ4v) is 5.01. The molecule has 96 valence electrons. The molecule has 0 aromatic carbocycles. The van der Waals surface area contributed by atoms with Gasteiger partial charge in [0.05, 0.1) is 10.7 Å². The van der Waals surface area contributed by atoms with Crippen molar-refractivity contribution < 1.29 is 0 Å². The summed E-state index contributed by atoms with van der Waals surface area (Å²) in [7, 11) is 0. The van der Waals surface area contributed by atoms with E-state index in [2.05, 4.69) is 46.1 Å². The van der Waals surface area contributed by atoms with Gasteiger partial charge >= 0.3 is 0 Å². The van der Waals surface area contributed by atoms with E-state index in [1.165, 1.54) is 33.7 Å². The summed E-state index contributed by atoms with van der Waals surface area (Å²) in [5, 5.41) is 7.13. The fraction of sp³-hybridized carbons (Fsp3) is 0.750. The zero-order valence-corrected chi connectivity index (χ0v) is 12.7. The lowest BCUT2D eigenvalue weighted by Gasteiger charge is -2.14. The predicted molar refractivity (Wildman–Crippen MR) is 81.6 cm³/mol. The van der Waals surface area contributed by atoms with Crippen molar-refractivity contribution >= 4 is 34.9 Å². The highest BCUT2D eigenvalue weighted by Gasteiger charge is 2.11. The van der Waals surface area contributed by atoms with Crippen molar-refractivity contribution in [1.29, 1.82) is 0 Å². The summed E-state index contributed by atoms with van der Waals surface area (Å²) in [6.07, 6.45) is 2.14. The number of hydrogen-bond acceptors (Lipinski definition) is 5. The SMILES string of the molecule is CCc1nc(CCNC2CSCCSC2)cs1. The zero-order chi connectivity index (χ0) is 11.9. The molecule has 2 heterocycles. The smallest absolute Gasteiger partial charge is 0.0925 e. The zero-order valence-electron chi connectivity index (χ0n) is 10.3. The maximum Gasteiger partial charge on any atom is 0.0925 e. The van der Waals surface area contributed by atoms with Gasteiger partial charge in [-0.1, -0.05) is 6.92 Å². The Balaban J connectivity index is 1.67. The quantitative estimate of drug-likeness (QED) is 0.900. The van der Waals surface area contributed by atoms with Gasteiger partial charge in [0, 0.05) is 47.4 Å². The number of thiazole rings is 1. The van der Waals surface area contributed by atoms with Gasteiger partial charge in [-0.3, -0.25) is 0 Å². The molecule has 0 radical (unpaired) electrons. The summed E-state index contributed by atoms with van der Waals surface area (Å²) in [4.78, 5) is 4.60. The lowest BCUT2D eigenvalue weighted by Crippen LogP contribution is -2.34. The number of nitrogens with zero attached hydrogens (tertiary/aromatic N) is 1. The van der Waals surface area contributed by atoms with Crippen LogP contribution in [0.15, 0.2) is 5.38 Å². The minimum atomic E-state index is 0.691. The Bertz CT molecular complexity index is 319. The maximum absolute atomic E-state index is 4.60. The Kier molecular flexibility index (Phi) is 6.18. The van der Waals surface area contributed by atoms with Crippen molar-refractivity contribution in [2.45, 2.75) is 25.8 Å². The van der Waals surface area contributed by atoms with E-state index in [1.54, 1.807) is 11.3 Å². The van der Waals surface area contributed by atoms with Crippen LogP contribution in [0, 0.1) is 0 Å². The van der Waals surface area contributed by atoms with Crippen LogP contribution in [0.25, 0.3) is 0 Å². The minimum absolute atomic E-state index is 0.691. The van der Waals surface area contributed by atoms with E-state index in [0.29, 0.717) is 6.04 Å². The standard InChI is InChI=1S/C12H20N2S3/c1-2-12-14-10(9-17-12)3-4-13-11-7-15-5-6-16-8-11/h9,11,13H,2-8H2,1H3. The van der Waals surface area contributed by atoms with Crippen LogP contribution in [-0.4, -0.2) is 40.6 Å². The molecule has 0 unspecified atom stereocenters. The summed E-state index contributed by atoms with van der Waals surface area (Å²) in [6.45, 7) is 3.24. The third-order valence-corrected chi connectivity index (χ3v) is 6.29. The molecule has 0 atom stereocenters. The molecule has 0 saturated carbocycles. The first-order valence-corrected chi connectivity index (χ1v) is 9.39. The highest BCUT2D eigenvalue weighted by Crippen LogP contribution is 2.16. The van der Waals surface area contributed by atoms with E-state index in [4.69, 9.17) is 0 Å². The molecule has 2 rings (SSSR count). The first-order valence-electron chi connectivity index (χ1n) is 6.20. The van der Waals surface area contributed by atoms with Crippen LogP contribution in [0.4, 0.5) is 0 Å². The van der Waals surface area contributed by atoms with E-state index < -0.39 is 0 Å². The van der Waals surface area contributed by atoms with Gasteiger partial charge in [-0.05, 0) is 6.42 Å². The van der Waals surface area contributed by atoms with Crippen molar-refractivity contribution in [1.82, 2.24) is 10.3 Å². The topological polar surface area (TPSA) is 24.9 Å². The highest BCUT2D eigenvalue weighted by atomic mass is 32.2. The summed E-state index contributed by atoms with van der Waals surface area (Å²) in [5.41, 5.74) is 1.26. The molecule has 1 aromatic rings. The Labute approximate surface area is 116 Å². The Hall–Kier alpha value is 0.290. The molecule has 17 heavy (non-hydrogen) atoms. The van der Waals surface area contributed by atoms with Gasteiger partial charge in [0.15, 0.2) is 0 Å². The number of hydrogen-bond donors (Lipinski definition) is 1. The van der Waals surface area contributed by atoms with Crippen LogP contribution in [0.5, 0.6) is 0 Å². The van der Waals surface area contributed by atoms with E-state index in [-0.39, 0.29) is 0 Å². The molecule has 1 fully saturated rings. The second-order valence-electron chi connectivity index (χ2n) is 4.14. The van der Waals surface area contributed by atoms with Crippen LogP contribution < -0.4 is 5.32 Å². The molecular formula is C12H20N2S3. The van der Waals surface area contributed by atoms with Gasteiger partial charge in [-0.2, -0.15) is 23.5 Å². The van der Waals surface area contributed by atoms with Crippen LogP contribution in [0.3, 0.4) is 0 Å². The Morgan fingerprint density at radius 1 is 1.35 bits per heavy atom. The van der Waals surface area contributed by atoms with E-state index in [0.717, 1.165) is 19.4 Å². The van der Waals surface area contributed by atoms with Gasteiger partial charge in [0.25, 0.3) is 0 Å². The van der Waals surface area contributed by atoms with Crippen LogP contribution in [0.2, 0.25) is 0 Å². The Morgan fingerprint density at radius 3 is 2.76 bits per heavy atom. The summed E-state index contributed by atoms with van der Waals surface area (Å²) < 4.78 is 0. The molecule has 1 saturated heterocycles. The largest absolute Gasteiger partial charge is 0.312 e.